The second kappa shape index (κ2) is 4.06. The molecule has 0 heterocycles. The number of hydrogen-bond acceptors (Lipinski definition) is 3. The molecule has 1 radical (unpaired) electrons. The predicted molar refractivity (Wildman–Crippen MR) is 37.4 cm³/mol. The second-order valence-corrected chi connectivity index (χ2v) is 1.84. The van der Waals surface area contributed by atoms with Gasteiger partial charge < -0.3 is 10.2 Å². The van der Waals surface area contributed by atoms with Gasteiger partial charge in [0.2, 0.25) is 5.78 Å². The van der Waals surface area contributed by atoms with Crippen LogP contribution in [0.4, 0.5) is 0 Å². The lowest BCUT2D eigenvalue weighted by Gasteiger charge is -2.03. The molecule has 1 unspecified atom stereocenters. The van der Waals surface area contributed by atoms with E-state index >= 15 is 0 Å². The van der Waals surface area contributed by atoms with Crippen molar-refractivity contribution < 1.29 is 15.0 Å². The third-order valence-corrected chi connectivity index (χ3v) is 1.10. The van der Waals surface area contributed by atoms with Crippen LogP contribution in [0.15, 0.2) is 11.8 Å². The quantitative estimate of drug-likeness (QED) is 0.449. The number of Topliss-reactive ketones (excluding diaryl/α,β-unsaturated/α-hetero) is 1. The number of hydrogen-bond donors (Lipinski definition) is 2. The van der Waals surface area contributed by atoms with Crippen molar-refractivity contribution in [3.8, 4) is 0 Å². The maximum atomic E-state index is 10.7. The highest BCUT2D eigenvalue weighted by molar-refractivity contribution is 5.96. The largest absolute Gasteiger partial charge is 0.505 e. The molecule has 2 N–H and O–H groups in total. The third-order valence-electron chi connectivity index (χ3n) is 1.10. The molecule has 10 heavy (non-hydrogen) atoms. The summed E-state index contributed by atoms with van der Waals surface area (Å²) >= 11 is 0. The Hall–Kier alpha value is -0.830. The Balaban J connectivity index is 4.08. The van der Waals surface area contributed by atoms with Gasteiger partial charge in [0.25, 0.3) is 0 Å². The fourth-order valence-electron chi connectivity index (χ4n) is 0.444. The van der Waals surface area contributed by atoms with Crippen LogP contribution in [-0.2, 0) is 4.79 Å². The molecule has 0 aromatic rings. The zero-order valence-electron chi connectivity index (χ0n) is 5.87. The first-order chi connectivity index (χ1) is 4.63. The minimum atomic E-state index is -1.17. The maximum absolute atomic E-state index is 10.7. The van der Waals surface area contributed by atoms with Crippen LogP contribution >= 0.6 is 0 Å². The van der Waals surface area contributed by atoms with E-state index in [1.807, 2.05) is 0 Å². The molecule has 0 amide bonds. The van der Waals surface area contributed by atoms with Gasteiger partial charge in [0.1, 0.15) is 6.10 Å². The number of carbonyl (C=O) groups excluding carboxylic acids is 1. The van der Waals surface area contributed by atoms with Crippen molar-refractivity contribution in [2.75, 3.05) is 0 Å². The third kappa shape index (κ3) is 2.19. The Kier molecular flexibility index (Phi) is 3.72. The van der Waals surface area contributed by atoms with Gasteiger partial charge in [-0.2, -0.15) is 0 Å². The van der Waals surface area contributed by atoms with Gasteiger partial charge in [-0.15, -0.1) is 0 Å². The smallest absolute Gasteiger partial charge is 0.225 e. The molecular weight excluding hydrogens is 132 g/mol. The summed E-state index contributed by atoms with van der Waals surface area (Å²) in [4.78, 5) is 10.7. The number of aliphatic hydroxyl groups is 2. The van der Waals surface area contributed by atoms with Crippen molar-refractivity contribution in [3.05, 3.63) is 18.8 Å². The second-order valence-electron chi connectivity index (χ2n) is 1.84. The summed E-state index contributed by atoms with van der Waals surface area (Å²) in [5, 5.41) is 17.6. The van der Waals surface area contributed by atoms with E-state index in [0.717, 1.165) is 0 Å². The summed E-state index contributed by atoms with van der Waals surface area (Å²) in [7, 11) is 0. The molecule has 0 aliphatic heterocycles. The van der Waals surface area contributed by atoms with E-state index in [1.54, 1.807) is 0 Å². The number of rotatable bonds is 3. The van der Waals surface area contributed by atoms with Crippen molar-refractivity contribution in [1.82, 2.24) is 0 Å². The number of ketones is 1. The predicted octanol–water partition coefficient (Wildman–Crippen LogP) is 0.602. The molecule has 0 spiro atoms. The lowest BCUT2D eigenvalue weighted by Crippen LogP contribution is -2.20. The molecule has 0 saturated heterocycles. The molecule has 0 saturated carbocycles. The van der Waals surface area contributed by atoms with Gasteiger partial charge in [-0.3, -0.25) is 4.79 Å². The van der Waals surface area contributed by atoms with Crippen LogP contribution in [0.25, 0.3) is 0 Å². The van der Waals surface area contributed by atoms with Gasteiger partial charge >= 0.3 is 0 Å². The van der Waals surface area contributed by atoms with Gasteiger partial charge in [-0.05, 0) is 19.4 Å². The Morgan fingerprint density at radius 1 is 1.80 bits per heavy atom. The van der Waals surface area contributed by atoms with Crippen LogP contribution in [0.3, 0.4) is 0 Å². The van der Waals surface area contributed by atoms with Crippen LogP contribution in [0.5, 0.6) is 0 Å². The molecule has 0 aromatic heterocycles. The zero-order valence-corrected chi connectivity index (χ0v) is 5.87. The molecule has 1 atom stereocenters. The number of aliphatic hydroxyl groups excluding tert-OH is 2. The Bertz CT molecular complexity index is 149. The van der Waals surface area contributed by atoms with Crippen LogP contribution in [0.2, 0.25) is 0 Å². The van der Waals surface area contributed by atoms with E-state index in [1.165, 1.54) is 13.0 Å². The SMILES string of the molecule is [CH2]CC(O)C(=O)C(O)=CC. The van der Waals surface area contributed by atoms with E-state index < -0.39 is 17.6 Å². The van der Waals surface area contributed by atoms with E-state index in [0.29, 0.717) is 0 Å². The molecule has 0 bridgehead atoms. The molecule has 0 fully saturated rings. The summed E-state index contributed by atoms with van der Waals surface area (Å²) in [6.07, 6.45) is 0.147. The minimum absolute atomic E-state index is 0.0801. The summed E-state index contributed by atoms with van der Waals surface area (Å²) in [5.41, 5.74) is 0. The van der Waals surface area contributed by atoms with Gasteiger partial charge in [-0.1, -0.05) is 6.92 Å². The fraction of sp³-hybridized carbons (Fsp3) is 0.429. The van der Waals surface area contributed by atoms with Crippen LogP contribution in [0, 0.1) is 6.92 Å². The monoisotopic (exact) mass is 143 g/mol. The first-order valence-corrected chi connectivity index (χ1v) is 3.00. The average Bonchev–Trinajstić information content (AvgIpc) is 2.00. The number of allylic oxidation sites excluding steroid dienone is 1. The van der Waals surface area contributed by atoms with Crippen molar-refractivity contribution in [3.63, 3.8) is 0 Å². The summed E-state index contributed by atoms with van der Waals surface area (Å²) in [6.45, 7) is 4.83. The first kappa shape index (κ1) is 9.17. The molecular formula is C7H11O3. The van der Waals surface area contributed by atoms with Crippen molar-refractivity contribution in [1.29, 1.82) is 0 Å². The molecule has 3 heteroatoms. The highest BCUT2D eigenvalue weighted by atomic mass is 16.3. The lowest BCUT2D eigenvalue weighted by molar-refractivity contribution is -0.125. The molecule has 57 valence electrons. The van der Waals surface area contributed by atoms with Crippen LogP contribution < -0.4 is 0 Å². The van der Waals surface area contributed by atoms with Crippen LogP contribution in [0.1, 0.15) is 13.3 Å². The molecule has 0 rings (SSSR count). The standard InChI is InChI=1S/C7H11O3/c1-3-5(8)7(10)6(9)4-2/h4-5,8-9H,1,3H2,2H3. The Labute approximate surface area is 60.0 Å². The molecule has 0 aliphatic rings. The highest BCUT2D eigenvalue weighted by Crippen LogP contribution is 1.99. The maximum Gasteiger partial charge on any atom is 0.225 e. The molecule has 0 aliphatic carbocycles. The Morgan fingerprint density at radius 3 is 2.60 bits per heavy atom. The average molecular weight is 143 g/mol. The van der Waals surface area contributed by atoms with Gasteiger partial charge in [-0.25, -0.2) is 0 Å². The van der Waals surface area contributed by atoms with Crippen molar-refractivity contribution in [2.45, 2.75) is 19.4 Å². The normalized spacial score (nSPS) is 14.9. The zero-order chi connectivity index (χ0) is 8.15. The summed E-state index contributed by atoms with van der Waals surface area (Å²) in [5.74, 6) is -1.08. The number of carbonyl (C=O) groups is 1. The summed E-state index contributed by atoms with van der Waals surface area (Å²) < 4.78 is 0. The van der Waals surface area contributed by atoms with Gasteiger partial charge in [0.15, 0.2) is 5.76 Å². The van der Waals surface area contributed by atoms with Gasteiger partial charge in [0.05, 0.1) is 0 Å². The topological polar surface area (TPSA) is 57.5 Å². The van der Waals surface area contributed by atoms with E-state index in [2.05, 4.69) is 6.92 Å². The molecule has 0 aromatic carbocycles. The first-order valence-electron chi connectivity index (χ1n) is 3.00. The highest BCUT2D eigenvalue weighted by Gasteiger charge is 2.15. The minimum Gasteiger partial charge on any atom is -0.505 e. The molecule has 3 nitrogen and oxygen atoms in total. The van der Waals surface area contributed by atoms with E-state index in [9.17, 15) is 4.79 Å². The van der Waals surface area contributed by atoms with Crippen LogP contribution in [-0.4, -0.2) is 22.1 Å². The van der Waals surface area contributed by atoms with Crippen molar-refractivity contribution >= 4 is 5.78 Å². The summed E-state index contributed by atoms with van der Waals surface area (Å²) in [6, 6.07) is 0. The Morgan fingerprint density at radius 2 is 2.30 bits per heavy atom. The van der Waals surface area contributed by atoms with E-state index in [4.69, 9.17) is 10.2 Å². The van der Waals surface area contributed by atoms with Crippen molar-refractivity contribution in [2.24, 2.45) is 0 Å². The fourth-order valence-corrected chi connectivity index (χ4v) is 0.444. The van der Waals surface area contributed by atoms with E-state index in [-0.39, 0.29) is 6.42 Å². The lowest BCUT2D eigenvalue weighted by atomic mass is 10.1. The van der Waals surface area contributed by atoms with Gasteiger partial charge in [0, 0.05) is 0 Å².